The van der Waals surface area contributed by atoms with E-state index in [9.17, 15) is 0 Å². The molecule has 0 saturated heterocycles. The molecule has 17 heteroatoms. The minimum atomic E-state index is 0. The summed E-state index contributed by atoms with van der Waals surface area (Å²) >= 11 is 0. The van der Waals surface area contributed by atoms with Crippen LogP contribution in [0, 0.1) is 0 Å². The fourth-order valence-corrected chi connectivity index (χ4v) is 1.95. The molecule has 14 nitrogen and oxygen atoms in total. The van der Waals surface area contributed by atoms with E-state index in [1.807, 2.05) is 107 Å². The summed E-state index contributed by atoms with van der Waals surface area (Å²) in [6.07, 6.45) is 32.3. The molecule has 6 aromatic rings. The topological polar surface area (TPSA) is 170 Å². The largest absolute Gasteiger partial charge is 2.00 e. The van der Waals surface area contributed by atoms with Crippen molar-refractivity contribution < 1.29 is 61.7 Å². The van der Waals surface area contributed by atoms with Crippen LogP contribution in [-0.4, -0.2) is 68.3 Å². The molecule has 0 saturated carbocycles. The monoisotopic (exact) mass is 745 g/mol. The minimum absolute atomic E-state index is 0. The van der Waals surface area contributed by atoms with Crippen LogP contribution in [0.3, 0.4) is 0 Å². The molecule has 0 aliphatic heterocycles. The molecule has 0 fully saturated rings. The Bertz CT molecular complexity index is 934. The molecular weight excluding hydrogens is 707 g/mol. The molecule has 0 atom stereocenters. The predicted molar refractivity (Wildman–Crippen MR) is 146 cm³/mol. The van der Waals surface area contributed by atoms with Crippen molar-refractivity contribution in [2.24, 2.45) is 42.3 Å². The van der Waals surface area contributed by atoms with E-state index in [4.69, 9.17) is 0 Å². The van der Waals surface area contributed by atoms with Crippen LogP contribution in [0.1, 0.15) is 0 Å². The second kappa shape index (κ2) is 31.2. The molecule has 0 bridgehead atoms. The van der Waals surface area contributed by atoms with Crippen molar-refractivity contribution in [3.63, 3.8) is 0 Å². The second-order valence-electron chi connectivity index (χ2n) is 7.37. The van der Waals surface area contributed by atoms with Gasteiger partial charge < -0.3 is 72.3 Å². The third-order valence-electron chi connectivity index (χ3n) is 3.82. The van der Waals surface area contributed by atoms with E-state index < -0.39 is 0 Å². The molecule has 1 radical (unpaired) electrons. The fraction of sp³-hybridized carbons (Fsp3) is 0.250. The Morgan fingerprint density at radius 3 is 0.463 bits per heavy atom. The maximum absolute atomic E-state index is 3.78. The number of nitrogens with zero attached hydrogens (tertiary/aromatic N) is 12. The summed E-state index contributed by atoms with van der Waals surface area (Å²) in [5.74, 6) is 0. The van der Waals surface area contributed by atoms with E-state index in [1.54, 1.807) is 75.1 Å². The number of hydrogen-bond acceptors (Lipinski definition) is 6. The molecular formula is C24H40Br2CoN12O2. The molecule has 6 aromatic heterocycles. The van der Waals surface area contributed by atoms with Crippen LogP contribution in [0.2, 0.25) is 0 Å². The van der Waals surface area contributed by atoms with Crippen LogP contribution in [0.15, 0.2) is 112 Å². The molecule has 6 heterocycles. The van der Waals surface area contributed by atoms with Crippen LogP contribution >= 0.6 is 0 Å². The van der Waals surface area contributed by atoms with Gasteiger partial charge in [-0.25, -0.2) is 29.9 Å². The SMILES string of the molecule is Cn1ccnc1.Cn1ccnc1.Cn1ccnc1.Cn1ccnc1.Cn1ccnc1.Cn1ccnc1.O.O.[Br-].[Br-].[Co+2]. The Balaban J connectivity index is -0.000000123. The van der Waals surface area contributed by atoms with Crippen LogP contribution in [0.25, 0.3) is 0 Å². The number of rotatable bonds is 0. The molecule has 0 unspecified atom stereocenters. The average molecular weight is 747 g/mol. The first kappa shape index (κ1) is 47.4. The molecule has 0 spiro atoms. The van der Waals surface area contributed by atoms with Gasteiger partial charge in [-0.1, -0.05) is 0 Å². The van der Waals surface area contributed by atoms with Gasteiger partial charge in [-0.2, -0.15) is 0 Å². The summed E-state index contributed by atoms with van der Waals surface area (Å²) in [6.45, 7) is 0. The third kappa shape index (κ3) is 29.5. The first-order chi connectivity index (χ1) is 17.4. The molecule has 0 amide bonds. The molecule has 6 rings (SSSR count). The Hall–Kier alpha value is -3.35. The number of imidazole rings is 6. The van der Waals surface area contributed by atoms with Crippen LogP contribution in [0.5, 0.6) is 0 Å². The van der Waals surface area contributed by atoms with Crippen LogP contribution < -0.4 is 34.0 Å². The maximum atomic E-state index is 3.78. The number of aryl methyl sites for hydroxylation is 6. The number of aromatic nitrogens is 12. The minimum Gasteiger partial charge on any atom is -1.00 e. The standard InChI is InChI=1S/6C4H6N2.2BrH.Co.2H2O/c6*1-6-3-2-5-4-6;;;;;/h6*2-4H,1H3;2*1H;;2*1H2/q;;;;;;;;+2;;/p-2. The zero-order chi connectivity index (χ0) is 26.4. The molecule has 0 aliphatic rings. The quantitative estimate of drug-likeness (QED) is 0.151. The third-order valence-corrected chi connectivity index (χ3v) is 3.82. The Labute approximate surface area is 272 Å². The molecule has 0 aromatic carbocycles. The summed E-state index contributed by atoms with van der Waals surface area (Å²) in [4.78, 5) is 22.7. The summed E-state index contributed by atoms with van der Waals surface area (Å²) < 4.78 is 11.3. The van der Waals surface area contributed by atoms with Gasteiger partial charge in [0.1, 0.15) is 0 Å². The Morgan fingerprint density at radius 2 is 0.439 bits per heavy atom. The number of halogens is 2. The van der Waals surface area contributed by atoms with E-state index in [0.29, 0.717) is 0 Å². The van der Waals surface area contributed by atoms with E-state index in [-0.39, 0.29) is 61.7 Å². The summed E-state index contributed by atoms with van der Waals surface area (Å²) in [5, 5.41) is 0. The molecule has 4 N–H and O–H groups in total. The van der Waals surface area contributed by atoms with Gasteiger partial charge in [-0.05, 0) is 0 Å². The van der Waals surface area contributed by atoms with Gasteiger partial charge in [0.2, 0.25) is 0 Å². The van der Waals surface area contributed by atoms with Crippen molar-refractivity contribution in [1.82, 2.24) is 57.3 Å². The second-order valence-corrected chi connectivity index (χ2v) is 7.37. The first-order valence-electron chi connectivity index (χ1n) is 10.9. The molecule has 0 aliphatic carbocycles. The van der Waals surface area contributed by atoms with Crippen molar-refractivity contribution in [3.8, 4) is 0 Å². The molecule has 231 valence electrons. The van der Waals surface area contributed by atoms with Crippen molar-refractivity contribution >= 4 is 0 Å². The van der Waals surface area contributed by atoms with Crippen LogP contribution in [0.4, 0.5) is 0 Å². The van der Waals surface area contributed by atoms with Gasteiger partial charge >= 0.3 is 16.8 Å². The smallest absolute Gasteiger partial charge is 1.00 e. The van der Waals surface area contributed by atoms with Gasteiger partial charge in [-0.15, -0.1) is 0 Å². The normalized spacial score (nSPS) is 7.76. The van der Waals surface area contributed by atoms with Crippen molar-refractivity contribution in [2.45, 2.75) is 0 Å². The van der Waals surface area contributed by atoms with E-state index in [1.165, 1.54) is 0 Å². The summed E-state index contributed by atoms with van der Waals surface area (Å²) in [7, 11) is 11.6. The fourth-order valence-electron chi connectivity index (χ4n) is 1.95. The van der Waals surface area contributed by atoms with Crippen LogP contribution in [-0.2, 0) is 59.1 Å². The first-order valence-corrected chi connectivity index (χ1v) is 10.9. The summed E-state index contributed by atoms with van der Waals surface area (Å²) in [5.41, 5.74) is 0. The van der Waals surface area contributed by atoms with Crippen molar-refractivity contribution in [1.29, 1.82) is 0 Å². The Morgan fingerprint density at radius 1 is 0.317 bits per heavy atom. The molecule has 41 heavy (non-hydrogen) atoms. The summed E-state index contributed by atoms with van der Waals surface area (Å²) in [6, 6.07) is 0. The Kier molecular flexibility index (Phi) is 36.1. The van der Waals surface area contributed by atoms with Gasteiger partial charge in [0.15, 0.2) is 0 Å². The van der Waals surface area contributed by atoms with Crippen molar-refractivity contribution in [2.75, 3.05) is 0 Å². The zero-order valence-corrected chi connectivity index (χ0v) is 28.1. The van der Waals surface area contributed by atoms with E-state index in [2.05, 4.69) is 29.9 Å². The predicted octanol–water partition coefficient (Wildman–Crippen LogP) is -5.12. The van der Waals surface area contributed by atoms with Gasteiger partial charge in [-0.3, -0.25) is 0 Å². The van der Waals surface area contributed by atoms with E-state index >= 15 is 0 Å². The van der Waals surface area contributed by atoms with Gasteiger partial charge in [0.25, 0.3) is 0 Å². The van der Waals surface area contributed by atoms with Gasteiger partial charge in [0, 0.05) is 117 Å². The zero-order valence-electron chi connectivity index (χ0n) is 23.8. The van der Waals surface area contributed by atoms with E-state index in [0.717, 1.165) is 0 Å². The van der Waals surface area contributed by atoms with Gasteiger partial charge in [0.05, 0.1) is 38.0 Å². The number of hydrogen-bond donors (Lipinski definition) is 0. The van der Waals surface area contributed by atoms with Crippen molar-refractivity contribution in [3.05, 3.63) is 112 Å². The average Bonchev–Trinajstić information content (AvgIpc) is 3.67. The maximum Gasteiger partial charge on any atom is 2.00 e.